The van der Waals surface area contributed by atoms with Gasteiger partial charge in [-0.3, -0.25) is 14.4 Å². The van der Waals surface area contributed by atoms with Gasteiger partial charge in [-0.25, -0.2) is 0 Å². The number of likely N-dealkylation sites (tertiary alicyclic amines) is 1. The van der Waals surface area contributed by atoms with Crippen LogP contribution in [-0.2, 0) is 11.8 Å². The molecule has 21 heavy (non-hydrogen) atoms. The molecule has 0 saturated carbocycles. The number of carbonyl (C=O) groups is 2. The molecule has 1 N–H and O–H groups in total. The van der Waals surface area contributed by atoms with Gasteiger partial charge in [-0.1, -0.05) is 6.07 Å². The van der Waals surface area contributed by atoms with Crippen LogP contribution in [0.5, 0.6) is 0 Å². The van der Waals surface area contributed by atoms with Crippen molar-refractivity contribution in [3.63, 3.8) is 0 Å². The monoisotopic (exact) mass is 292 g/mol. The molecule has 6 nitrogen and oxygen atoms in total. The molecule has 0 aromatic carbocycles. The highest BCUT2D eigenvalue weighted by Gasteiger charge is 2.25. The largest absolute Gasteiger partial charge is 0.481 e. The summed E-state index contributed by atoms with van der Waals surface area (Å²) in [6.45, 7) is 1.22. The summed E-state index contributed by atoms with van der Waals surface area (Å²) in [6, 6.07) is 4.65. The van der Waals surface area contributed by atoms with Gasteiger partial charge in [0.1, 0.15) is 5.69 Å². The van der Waals surface area contributed by atoms with Crippen molar-refractivity contribution in [3.8, 4) is 0 Å². The Morgan fingerprint density at radius 1 is 1.38 bits per heavy atom. The molecule has 0 radical (unpaired) electrons. The second-order valence-electron chi connectivity index (χ2n) is 5.50. The number of piperidine rings is 1. The van der Waals surface area contributed by atoms with E-state index in [0.29, 0.717) is 25.2 Å². The van der Waals surface area contributed by atoms with Gasteiger partial charge < -0.3 is 14.6 Å². The molecule has 1 aliphatic heterocycles. The van der Waals surface area contributed by atoms with E-state index in [1.165, 1.54) is 10.6 Å². The average molecular weight is 292 g/mol. The van der Waals surface area contributed by atoms with Crippen LogP contribution in [0.25, 0.3) is 0 Å². The third kappa shape index (κ3) is 3.71. The molecule has 1 aromatic rings. The Bertz CT molecular complexity index is 594. The molecule has 0 aliphatic carbocycles. The lowest BCUT2D eigenvalue weighted by molar-refractivity contribution is -0.137. The maximum Gasteiger partial charge on any atom is 0.303 e. The van der Waals surface area contributed by atoms with Gasteiger partial charge in [0.15, 0.2) is 0 Å². The van der Waals surface area contributed by atoms with E-state index < -0.39 is 5.97 Å². The Kier molecular flexibility index (Phi) is 4.77. The topological polar surface area (TPSA) is 79.6 Å². The minimum absolute atomic E-state index is 0.135. The molecular formula is C15H20N2O4. The number of pyridine rings is 1. The lowest BCUT2D eigenvalue weighted by Crippen LogP contribution is -2.41. The van der Waals surface area contributed by atoms with Crippen molar-refractivity contribution in [2.75, 3.05) is 13.1 Å². The van der Waals surface area contributed by atoms with E-state index in [4.69, 9.17) is 5.11 Å². The van der Waals surface area contributed by atoms with E-state index in [1.54, 1.807) is 24.1 Å². The highest BCUT2D eigenvalue weighted by atomic mass is 16.4. The second-order valence-corrected chi connectivity index (χ2v) is 5.50. The maximum atomic E-state index is 12.5. The van der Waals surface area contributed by atoms with Crippen molar-refractivity contribution in [3.05, 3.63) is 34.2 Å². The van der Waals surface area contributed by atoms with Gasteiger partial charge >= 0.3 is 5.97 Å². The SMILES string of the molecule is Cn1c(C(=O)N2CCCC(CCC(=O)O)C2)cccc1=O. The maximum absolute atomic E-state index is 12.5. The average Bonchev–Trinajstić information content (AvgIpc) is 2.47. The zero-order valence-corrected chi connectivity index (χ0v) is 12.1. The molecule has 1 atom stereocenters. The fraction of sp³-hybridized carbons (Fsp3) is 0.533. The molecule has 114 valence electrons. The first-order valence-electron chi connectivity index (χ1n) is 7.16. The van der Waals surface area contributed by atoms with Gasteiger partial charge in [0.25, 0.3) is 11.5 Å². The number of carboxylic acid groups (broad SMARTS) is 1. The minimum atomic E-state index is -0.802. The second kappa shape index (κ2) is 6.56. The van der Waals surface area contributed by atoms with E-state index >= 15 is 0 Å². The zero-order valence-electron chi connectivity index (χ0n) is 12.1. The normalized spacial score (nSPS) is 18.5. The fourth-order valence-corrected chi connectivity index (χ4v) is 2.75. The molecule has 1 fully saturated rings. The first kappa shape index (κ1) is 15.3. The van der Waals surface area contributed by atoms with Crippen LogP contribution in [0.3, 0.4) is 0 Å². The predicted octanol–water partition coefficient (Wildman–Crippen LogP) is 1.10. The Morgan fingerprint density at radius 3 is 2.86 bits per heavy atom. The number of amides is 1. The summed E-state index contributed by atoms with van der Waals surface area (Å²) in [5, 5.41) is 8.75. The summed E-state index contributed by atoms with van der Waals surface area (Å²) in [4.78, 5) is 36.5. The summed E-state index contributed by atoms with van der Waals surface area (Å²) < 4.78 is 1.35. The molecule has 0 bridgehead atoms. The van der Waals surface area contributed by atoms with Crippen LogP contribution in [0.4, 0.5) is 0 Å². The minimum Gasteiger partial charge on any atom is -0.481 e. The van der Waals surface area contributed by atoms with E-state index in [9.17, 15) is 14.4 Å². The number of aromatic nitrogens is 1. The lowest BCUT2D eigenvalue weighted by atomic mass is 9.93. The van der Waals surface area contributed by atoms with Crippen molar-refractivity contribution in [1.29, 1.82) is 0 Å². The predicted molar refractivity (Wildman–Crippen MR) is 77.2 cm³/mol. The number of hydrogen-bond acceptors (Lipinski definition) is 3. The molecule has 2 rings (SSSR count). The summed E-state index contributed by atoms with van der Waals surface area (Å²) in [5.41, 5.74) is 0.168. The summed E-state index contributed by atoms with van der Waals surface area (Å²) >= 11 is 0. The number of aliphatic carboxylic acids is 1. The van der Waals surface area contributed by atoms with Crippen molar-refractivity contribution in [2.45, 2.75) is 25.7 Å². The van der Waals surface area contributed by atoms with Gasteiger partial charge in [0.05, 0.1) is 0 Å². The number of carbonyl (C=O) groups excluding carboxylic acids is 1. The number of rotatable bonds is 4. The molecule has 0 spiro atoms. The lowest BCUT2D eigenvalue weighted by Gasteiger charge is -2.33. The van der Waals surface area contributed by atoms with Gasteiger partial charge in [0, 0.05) is 32.6 Å². The van der Waals surface area contributed by atoms with Crippen LogP contribution in [0.15, 0.2) is 23.0 Å². The quantitative estimate of drug-likeness (QED) is 0.901. The molecule has 1 aromatic heterocycles. The smallest absolute Gasteiger partial charge is 0.303 e. The number of carboxylic acids is 1. The van der Waals surface area contributed by atoms with Gasteiger partial charge in [-0.15, -0.1) is 0 Å². The Morgan fingerprint density at radius 2 is 2.14 bits per heavy atom. The van der Waals surface area contributed by atoms with E-state index in [2.05, 4.69) is 0 Å². The number of hydrogen-bond donors (Lipinski definition) is 1. The summed E-state index contributed by atoms with van der Waals surface area (Å²) in [5.74, 6) is -0.737. The van der Waals surface area contributed by atoms with Crippen molar-refractivity contribution < 1.29 is 14.7 Å². The molecule has 2 heterocycles. The summed E-state index contributed by atoms with van der Waals surface area (Å²) in [7, 11) is 1.58. The molecule has 1 saturated heterocycles. The standard InChI is InChI=1S/C15H20N2O4/c1-16-12(5-2-6-13(16)18)15(21)17-9-3-4-11(10-17)7-8-14(19)20/h2,5-6,11H,3-4,7-10H2,1H3,(H,19,20). The Hall–Kier alpha value is -2.11. The Labute approximate surface area is 123 Å². The highest BCUT2D eigenvalue weighted by Crippen LogP contribution is 2.22. The first-order valence-corrected chi connectivity index (χ1v) is 7.16. The van der Waals surface area contributed by atoms with Crippen LogP contribution in [-0.4, -0.2) is 39.5 Å². The van der Waals surface area contributed by atoms with Gasteiger partial charge in [0.2, 0.25) is 0 Å². The molecule has 6 heteroatoms. The Balaban J connectivity index is 2.07. The van der Waals surface area contributed by atoms with Crippen molar-refractivity contribution in [2.24, 2.45) is 13.0 Å². The molecular weight excluding hydrogens is 272 g/mol. The fourth-order valence-electron chi connectivity index (χ4n) is 2.75. The van der Waals surface area contributed by atoms with Crippen molar-refractivity contribution in [1.82, 2.24) is 9.47 Å². The zero-order chi connectivity index (χ0) is 15.4. The van der Waals surface area contributed by atoms with Crippen LogP contribution in [0.1, 0.15) is 36.2 Å². The van der Waals surface area contributed by atoms with Crippen LogP contribution in [0.2, 0.25) is 0 Å². The molecule has 1 aliphatic rings. The van der Waals surface area contributed by atoms with Gasteiger partial charge in [-0.2, -0.15) is 0 Å². The van der Waals surface area contributed by atoms with Crippen LogP contribution < -0.4 is 5.56 Å². The van der Waals surface area contributed by atoms with E-state index in [0.717, 1.165) is 12.8 Å². The van der Waals surface area contributed by atoms with Crippen molar-refractivity contribution >= 4 is 11.9 Å². The van der Waals surface area contributed by atoms with Gasteiger partial charge in [-0.05, 0) is 31.2 Å². The third-order valence-electron chi connectivity index (χ3n) is 3.98. The third-order valence-corrected chi connectivity index (χ3v) is 3.98. The molecule has 1 amide bonds. The first-order chi connectivity index (χ1) is 9.99. The van der Waals surface area contributed by atoms with Crippen LogP contribution >= 0.6 is 0 Å². The van der Waals surface area contributed by atoms with E-state index in [-0.39, 0.29) is 23.8 Å². The van der Waals surface area contributed by atoms with E-state index in [1.807, 2.05) is 0 Å². The van der Waals surface area contributed by atoms with Crippen LogP contribution in [0, 0.1) is 5.92 Å². The highest BCUT2D eigenvalue weighted by molar-refractivity contribution is 5.92. The summed E-state index contributed by atoms with van der Waals surface area (Å²) in [6.07, 6.45) is 2.55. The number of nitrogens with zero attached hydrogens (tertiary/aromatic N) is 2. The molecule has 1 unspecified atom stereocenters.